The summed E-state index contributed by atoms with van der Waals surface area (Å²) in [7, 11) is 0. The van der Waals surface area contributed by atoms with Crippen molar-refractivity contribution in [1.82, 2.24) is 25.3 Å². The maximum absolute atomic E-state index is 14.1. The fraction of sp³-hybridized carbons (Fsp3) is 0.444. The molecule has 5 rings (SSSR count). The van der Waals surface area contributed by atoms with Crippen LogP contribution in [-0.4, -0.2) is 90.5 Å². The Balaban J connectivity index is 0.00000256. The van der Waals surface area contributed by atoms with Gasteiger partial charge in [0.15, 0.2) is 0 Å². The van der Waals surface area contributed by atoms with Gasteiger partial charge >= 0.3 is 0 Å². The molecule has 2 aliphatic heterocycles. The monoisotopic (exact) mass is 723 g/mol. The topological polar surface area (TPSA) is 67.9 Å². The molecule has 2 N–H and O–H groups in total. The van der Waals surface area contributed by atoms with Crippen molar-refractivity contribution < 1.29 is 9.59 Å². The second-order valence-corrected chi connectivity index (χ2v) is 12.4. The Morgan fingerprint density at radius 1 is 0.830 bits per heavy atom. The number of carbonyl (C=O) groups is 2. The van der Waals surface area contributed by atoms with E-state index in [1.165, 1.54) is 16.7 Å². The summed E-state index contributed by atoms with van der Waals surface area (Å²) in [4.78, 5) is 34.6. The fourth-order valence-electron chi connectivity index (χ4n) is 6.47. The molecule has 1 fully saturated rings. The lowest BCUT2D eigenvalue weighted by Gasteiger charge is -2.42. The lowest BCUT2D eigenvalue weighted by molar-refractivity contribution is -0.138. The predicted molar refractivity (Wildman–Crippen MR) is 199 cm³/mol. The number of nitrogens with one attached hydrogen (secondary N) is 2. The normalized spacial score (nSPS) is 17.3. The number of carbonyl (C=O) groups excluding carboxylic acids is 2. The van der Waals surface area contributed by atoms with Crippen molar-refractivity contribution in [2.45, 2.75) is 57.8 Å². The van der Waals surface area contributed by atoms with E-state index in [9.17, 15) is 9.59 Å². The molecule has 3 atom stereocenters. The first-order chi connectivity index (χ1) is 21.4. The fourth-order valence-corrected chi connectivity index (χ4v) is 6.60. The van der Waals surface area contributed by atoms with Crippen LogP contribution in [0.1, 0.15) is 36.1 Å². The van der Waals surface area contributed by atoms with Gasteiger partial charge in [-0.1, -0.05) is 92.2 Å². The van der Waals surface area contributed by atoms with E-state index < -0.39 is 6.04 Å². The third-order valence-corrected chi connectivity index (χ3v) is 9.44. The first-order valence-corrected chi connectivity index (χ1v) is 16.4. The third-order valence-electron chi connectivity index (χ3n) is 9.19. The molecule has 0 saturated carbocycles. The van der Waals surface area contributed by atoms with Crippen molar-refractivity contribution in [3.05, 3.63) is 106 Å². The second-order valence-electron chi connectivity index (χ2n) is 12.0. The summed E-state index contributed by atoms with van der Waals surface area (Å²) in [5, 5.41) is 7.16. The summed E-state index contributed by atoms with van der Waals surface area (Å²) >= 11 is 6.14. The van der Waals surface area contributed by atoms with Gasteiger partial charge in [0.1, 0.15) is 6.04 Å². The van der Waals surface area contributed by atoms with Crippen LogP contribution in [0.4, 0.5) is 0 Å². The maximum Gasteiger partial charge on any atom is 0.245 e. The van der Waals surface area contributed by atoms with Crippen LogP contribution < -0.4 is 10.6 Å². The number of rotatable bonds is 12. The first kappa shape index (κ1) is 40.8. The minimum absolute atomic E-state index is 0. The van der Waals surface area contributed by atoms with Gasteiger partial charge in [-0.3, -0.25) is 14.5 Å². The molecule has 1 saturated heterocycles. The molecular formula is C36H49Cl4N5O2. The summed E-state index contributed by atoms with van der Waals surface area (Å²) in [6.45, 7) is 11.0. The molecule has 258 valence electrons. The Morgan fingerprint density at radius 2 is 1.43 bits per heavy atom. The third kappa shape index (κ3) is 11.4. The average molecular weight is 726 g/mol. The molecule has 2 aliphatic rings. The SMILES string of the molecule is CCN(CC)CC(Cc1ccccc1)N1CCN(C(=O)C(Cc2ccc(Cl)cc2)NC(=O)C2Cc3ccccc3CN2)CC1.Cl.Cl.Cl. The minimum Gasteiger partial charge on any atom is -0.343 e. The van der Waals surface area contributed by atoms with Crippen molar-refractivity contribution in [2.24, 2.45) is 0 Å². The zero-order chi connectivity index (χ0) is 30.9. The first-order valence-electron chi connectivity index (χ1n) is 16.1. The largest absolute Gasteiger partial charge is 0.343 e. The van der Waals surface area contributed by atoms with Crippen molar-refractivity contribution in [1.29, 1.82) is 0 Å². The summed E-state index contributed by atoms with van der Waals surface area (Å²) in [6.07, 6.45) is 2.01. The Morgan fingerprint density at radius 3 is 2.06 bits per heavy atom. The Hall–Kier alpha value is -2.36. The van der Waals surface area contributed by atoms with Gasteiger partial charge in [0.2, 0.25) is 11.8 Å². The Labute approximate surface area is 304 Å². The van der Waals surface area contributed by atoms with E-state index in [4.69, 9.17) is 11.6 Å². The highest BCUT2D eigenvalue weighted by Crippen LogP contribution is 2.19. The molecule has 7 nitrogen and oxygen atoms in total. The van der Waals surface area contributed by atoms with Gasteiger partial charge in [0, 0.05) is 56.8 Å². The van der Waals surface area contributed by atoms with Gasteiger partial charge < -0.3 is 20.4 Å². The highest BCUT2D eigenvalue weighted by atomic mass is 35.5. The predicted octanol–water partition coefficient (Wildman–Crippen LogP) is 5.44. The van der Waals surface area contributed by atoms with Crippen molar-refractivity contribution >= 4 is 60.6 Å². The molecule has 0 bridgehead atoms. The van der Waals surface area contributed by atoms with Gasteiger partial charge in [0.25, 0.3) is 0 Å². The van der Waals surface area contributed by atoms with Crippen LogP contribution in [0.25, 0.3) is 0 Å². The smallest absolute Gasteiger partial charge is 0.245 e. The number of hydrogen-bond acceptors (Lipinski definition) is 5. The number of likely N-dealkylation sites (N-methyl/N-ethyl adjacent to an activating group) is 1. The van der Waals surface area contributed by atoms with Crippen LogP contribution >= 0.6 is 48.8 Å². The van der Waals surface area contributed by atoms with E-state index in [1.54, 1.807) is 0 Å². The van der Waals surface area contributed by atoms with Crippen LogP contribution in [0.5, 0.6) is 0 Å². The van der Waals surface area contributed by atoms with Gasteiger partial charge in [-0.25, -0.2) is 0 Å². The summed E-state index contributed by atoms with van der Waals surface area (Å²) in [6, 6.07) is 25.8. The zero-order valence-corrected chi connectivity index (χ0v) is 30.5. The summed E-state index contributed by atoms with van der Waals surface area (Å²) in [5.41, 5.74) is 4.70. The number of benzene rings is 3. The molecule has 0 aromatic heterocycles. The van der Waals surface area contributed by atoms with Crippen molar-refractivity contribution in [2.75, 3.05) is 45.8 Å². The molecular weight excluding hydrogens is 676 g/mol. The van der Waals surface area contributed by atoms with Gasteiger partial charge in [-0.05, 0) is 60.3 Å². The number of piperazine rings is 1. The molecule has 2 heterocycles. The van der Waals surface area contributed by atoms with E-state index >= 15 is 0 Å². The van der Waals surface area contributed by atoms with Crippen LogP contribution in [0.2, 0.25) is 5.02 Å². The molecule has 11 heteroatoms. The number of halogens is 4. The number of hydrogen-bond donors (Lipinski definition) is 2. The standard InChI is InChI=1S/C36H46ClN5O2.3ClH/c1-3-40(4-2)26-32(22-27-10-6-5-7-11-27)41-18-20-42(21-19-41)36(44)34(23-28-14-16-31(37)17-15-28)39-35(43)33-24-29-12-8-9-13-30(29)25-38-33;;;/h5-17,32-34,38H,3-4,18-26H2,1-2H3,(H,39,43);3*1H. The van der Waals surface area contributed by atoms with Crippen molar-refractivity contribution in [3.8, 4) is 0 Å². The molecule has 3 unspecified atom stereocenters. The Kier molecular flexibility index (Phi) is 17.6. The van der Waals surface area contributed by atoms with Crippen LogP contribution in [-0.2, 0) is 35.4 Å². The molecule has 3 aromatic rings. The molecule has 47 heavy (non-hydrogen) atoms. The number of amides is 2. The van der Waals surface area contributed by atoms with Gasteiger partial charge in [0.05, 0.1) is 6.04 Å². The number of fused-ring (bicyclic) bond motifs is 1. The average Bonchev–Trinajstić information content (AvgIpc) is 3.07. The quantitative estimate of drug-likeness (QED) is 0.261. The lowest BCUT2D eigenvalue weighted by Crippen LogP contribution is -2.60. The highest BCUT2D eigenvalue weighted by Gasteiger charge is 2.33. The van der Waals surface area contributed by atoms with Crippen LogP contribution in [0.15, 0.2) is 78.9 Å². The van der Waals surface area contributed by atoms with Gasteiger partial charge in [-0.2, -0.15) is 0 Å². The number of nitrogens with zero attached hydrogens (tertiary/aromatic N) is 3. The molecule has 0 aliphatic carbocycles. The van der Waals surface area contributed by atoms with E-state index in [-0.39, 0.29) is 55.1 Å². The van der Waals surface area contributed by atoms with Gasteiger partial charge in [-0.15, -0.1) is 37.2 Å². The second kappa shape index (κ2) is 20.2. The highest BCUT2D eigenvalue weighted by molar-refractivity contribution is 6.30. The summed E-state index contributed by atoms with van der Waals surface area (Å²) in [5.74, 6) is -0.153. The van der Waals surface area contributed by atoms with E-state index in [2.05, 4.69) is 76.7 Å². The maximum atomic E-state index is 14.1. The molecule has 0 spiro atoms. The lowest BCUT2D eigenvalue weighted by atomic mass is 9.95. The summed E-state index contributed by atoms with van der Waals surface area (Å²) < 4.78 is 0. The van der Waals surface area contributed by atoms with Crippen LogP contribution in [0.3, 0.4) is 0 Å². The molecule has 3 aromatic carbocycles. The minimum atomic E-state index is -0.648. The molecule has 2 amide bonds. The zero-order valence-electron chi connectivity index (χ0n) is 27.3. The van der Waals surface area contributed by atoms with Crippen LogP contribution in [0, 0.1) is 0 Å². The van der Waals surface area contributed by atoms with E-state index in [1.807, 2.05) is 41.3 Å². The van der Waals surface area contributed by atoms with E-state index in [0.717, 1.165) is 44.7 Å². The van der Waals surface area contributed by atoms with E-state index in [0.29, 0.717) is 43.5 Å². The van der Waals surface area contributed by atoms with Crippen molar-refractivity contribution in [3.63, 3.8) is 0 Å². The Bertz CT molecular complexity index is 1370. The molecule has 0 radical (unpaired) electrons.